The lowest BCUT2D eigenvalue weighted by Gasteiger charge is -2.39. The fraction of sp³-hybridized carbons (Fsp3) is 0.647. The number of pyridine rings is 1. The van der Waals surface area contributed by atoms with Crippen molar-refractivity contribution in [1.82, 2.24) is 9.88 Å². The van der Waals surface area contributed by atoms with E-state index in [9.17, 15) is 9.18 Å². The second kappa shape index (κ2) is 5.98. The quantitative estimate of drug-likeness (QED) is 0.782. The van der Waals surface area contributed by atoms with Crippen molar-refractivity contribution < 1.29 is 18.7 Å². The van der Waals surface area contributed by atoms with Gasteiger partial charge in [0.15, 0.2) is 0 Å². The minimum Gasteiger partial charge on any atom is -0.474 e. The fourth-order valence-electron chi connectivity index (χ4n) is 3.46. The zero-order valence-corrected chi connectivity index (χ0v) is 13.8. The lowest BCUT2D eigenvalue weighted by Crippen LogP contribution is -2.50. The molecule has 2 fully saturated rings. The van der Waals surface area contributed by atoms with E-state index in [4.69, 9.17) is 9.47 Å². The van der Waals surface area contributed by atoms with Crippen molar-refractivity contribution in [1.29, 1.82) is 0 Å². The van der Waals surface area contributed by atoms with E-state index in [0.717, 1.165) is 25.7 Å². The third kappa shape index (κ3) is 3.74. The van der Waals surface area contributed by atoms with E-state index in [1.54, 1.807) is 12.1 Å². The van der Waals surface area contributed by atoms with Gasteiger partial charge in [-0.2, -0.15) is 9.37 Å². The minimum absolute atomic E-state index is 0.0412. The summed E-state index contributed by atoms with van der Waals surface area (Å²) in [6, 6.07) is 4.79. The number of carbonyl (C=O) groups excluding carboxylic acids is 1. The van der Waals surface area contributed by atoms with Crippen molar-refractivity contribution in [2.75, 3.05) is 0 Å². The molecule has 0 radical (unpaired) electrons. The monoisotopic (exact) mass is 322 g/mol. The van der Waals surface area contributed by atoms with E-state index in [2.05, 4.69) is 4.98 Å². The first kappa shape index (κ1) is 16.0. The number of hydrogen-bond donors (Lipinski definition) is 0. The summed E-state index contributed by atoms with van der Waals surface area (Å²) in [4.78, 5) is 18.0. The molecule has 3 atom stereocenters. The molecular weight excluding hydrogens is 299 g/mol. The highest BCUT2D eigenvalue weighted by molar-refractivity contribution is 5.69. The largest absolute Gasteiger partial charge is 0.474 e. The molecule has 2 aliphatic rings. The summed E-state index contributed by atoms with van der Waals surface area (Å²) in [5.41, 5.74) is -0.491. The van der Waals surface area contributed by atoms with Crippen LogP contribution in [-0.4, -0.2) is 39.8 Å². The maximum atomic E-state index is 13.2. The Morgan fingerprint density at radius 2 is 1.91 bits per heavy atom. The Kier molecular flexibility index (Phi) is 4.17. The lowest BCUT2D eigenvalue weighted by atomic mass is 10.0. The number of fused-ring (bicyclic) bond motifs is 2. The summed E-state index contributed by atoms with van der Waals surface area (Å²) in [6.07, 6.45) is 3.09. The normalized spacial score (nSPS) is 27.0. The molecule has 3 heterocycles. The highest BCUT2D eigenvalue weighted by Crippen LogP contribution is 2.38. The molecule has 1 unspecified atom stereocenters. The summed E-state index contributed by atoms with van der Waals surface area (Å²) in [5, 5.41) is 0. The molecule has 0 aromatic carbocycles. The maximum Gasteiger partial charge on any atom is 0.410 e. The van der Waals surface area contributed by atoms with Crippen LogP contribution in [-0.2, 0) is 4.74 Å². The van der Waals surface area contributed by atoms with Crippen LogP contribution in [0.5, 0.6) is 5.88 Å². The lowest BCUT2D eigenvalue weighted by molar-refractivity contribution is -0.00766. The van der Waals surface area contributed by atoms with Crippen molar-refractivity contribution in [2.24, 2.45) is 0 Å². The van der Waals surface area contributed by atoms with E-state index in [0.29, 0.717) is 5.88 Å². The highest BCUT2D eigenvalue weighted by atomic mass is 19.1. The Balaban J connectivity index is 1.64. The molecule has 0 spiro atoms. The number of carbonyl (C=O) groups is 1. The number of aromatic nitrogens is 1. The molecule has 2 bridgehead atoms. The molecule has 5 nitrogen and oxygen atoms in total. The van der Waals surface area contributed by atoms with Crippen molar-refractivity contribution in [2.45, 2.75) is 70.2 Å². The molecule has 0 saturated carbocycles. The van der Waals surface area contributed by atoms with Crippen LogP contribution >= 0.6 is 0 Å². The van der Waals surface area contributed by atoms with Crippen molar-refractivity contribution in [3.05, 3.63) is 24.1 Å². The Labute approximate surface area is 135 Å². The van der Waals surface area contributed by atoms with Crippen LogP contribution in [0.2, 0.25) is 0 Å². The number of rotatable bonds is 2. The van der Waals surface area contributed by atoms with E-state index >= 15 is 0 Å². The van der Waals surface area contributed by atoms with Gasteiger partial charge in [0, 0.05) is 31.0 Å². The first-order valence-corrected chi connectivity index (χ1v) is 8.12. The van der Waals surface area contributed by atoms with Gasteiger partial charge in [0.1, 0.15) is 11.7 Å². The van der Waals surface area contributed by atoms with Crippen molar-refractivity contribution >= 4 is 6.09 Å². The number of hydrogen-bond acceptors (Lipinski definition) is 4. The SMILES string of the molecule is CC(C)(C)OC(=O)N1[C@@H]2CC[C@H]1CC(Oc1cccc(F)n1)C2. The van der Waals surface area contributed by atoms with Crippen LogP contribution in [0, 0.1) is 5.95 Å². The van der Waals surface area contributed by atoms with Crippen LogP contribution in [0.4, 0.5) is 9.18 Å². The van der Waals surface area contributed by atoms with Gasteiger partial charge in [0.2, 0.25) is 11.8 Å². The number of piperidine rings is 1. The van der Waals surface area contributed by atoms with E-state index in [1.807, 2.05) is 25.7 Å². The second-order valence-corrected chi connectivity index (χ2v) is 7.28. The molecule has 1 aromatic heterocycles. The number of ether oxygens (including phenoxy) is 2. The zero-order valence-electron chi connectivity index (χ0n) is 13.8. The highest BCUT2D eigenvalue weighted by Gasteiger charge is 2.45. The smallest absolute Gasteiger partial charge is 0.410 e. The average Bonchev–Trinajstić information content (AvgIpc) is 2.69. The summed E-state index contributed by atoms with van der Waals surface area (Å²) in [7, 11) is 0. The molecule has 2 saturated heterocycles. The zero-order chi connectivity index (χ0) is 16.6. The van der Waals surface area contributed by atoms with Gasteiger partial charge in [-0.1, -0.05) is 6.07 Å². The van der Waals surface area contributed by atoms with Gasteiger partial charge in [0.25, 0.3) is 0 Å². The number of amides is 1. The van der Waals surface area contributed by atoms with Gasteiger partial charge < -0.3 is 14.4 Å². The minimum atomic E-state index is -0.545. The molecule has 6 heteroatoms. The Bertz CT molecular complexity index is 573. The molecule has 126 valence electrons. The topological polar surface area (TPSA) is 51.7 Å². The predicted octanol–water partition coefficient (Wildman–Crippen LogP) is 3.53. The molecule has 0 aliphatic carbocycles. The summed E-state index contributed by atoms with van der Waals surface area (Å²) in [6.45, 7) is 5.62. The third-order valence-electron chi connectivity index (χ3n) is 4.27. The summed E-state index contributed by atoms with van der Waals surface area (Å²) >= 11 is 0. The van der Waals surface area contributed by atoms with E-state index in [-0.39, 0.29) is 24.3 Å². The molecule has 23 heavy (non-hydrogen) atoms. The first-order valence-electron chi connectivity index (χ1n) is 8.12. The molecule has 0 N–H and O–H groups in total. The van der Waals surface area contributed by atoms with E-state index in [1.165, 1.54) is 6.07 Å². The Morgan fingerprint density at radius 3 is 2.48 bits per heavy atom. The van der Waals surface area contributed by atoms with Crippen LogP contribution in [0.25, 0.3) is 0 Å². The van der Waals surface area contributed by atoms with Gasteiger partial charge in [-0.25, -0.2) is 4.79 Å². The molecule has 2 aliphatic heterocycles. The first-order chi connectivity index (χ1) is 10.8. The maximum absolute atomic E-state index is 13.2. The van der Waals surface area contributed by atoms with Crippen LogP contribution in [0.3, 0.4) is 0 Å². The Hall–Kier alpha value is -1.85. The van der Waals surface area contributed by atoms with Crippen LogP contribution < -0.4 is 4.74 Å². The standard InChI is InChI=1S/C17H23FN2O3/c1-17(2,3)23-16(21)20-11-7-8-12(20)10-13(9-11)22-15-6-4-5-14(18)19-15/h4-6,11-13H,7-10H2,1-3H3/t11-,12+,13?. The van der Waals surface area contributed by atoms with E-state index < -0.39 is 11.5 Å². The molecule has 1 aromatic rings. The number of nitrogens with zero attached hydrogens (tertiary/aromatic N) is 2. The van der Waals surface area contributed by atoms with Gasteiger partial charge in [0.05, 0.1) is 0 Å². The van der Waals surface area contributed by atoms with Crippen molar-refractivity contribution in [3.8, 4) is 5.88 Å². The molecule has 1 amide bonds. The summed E-state index contributed by atoms with van der Waals surface area (Å²) < 4.78 is 24.5. The third-order valence-corrected chi connectivity index (χ3v) is 4.27. The predicted molar refractivity (Wildman–Crippen MR) is 82.7 cm³/mol. The van der Waals surface area contributed by atoms with Crippen LogP contribution in [0.15, 0.2) is 18.2 Å². The second-order valence-electron chi connectivity index (χ2n) is 7.28. The van der Waals surface area contributed by atoms with Gasteiger partial charge in [-0.15, -0.1) is 0 Å². The van der Waals surface area contributed by atoms with Crippen molar-refractivity contribution in [3.63, 3.8) is 0 Å². The average molecular weight is 322 g/mol. The van der Waals surface area contributed by atoms with Gasteiger partial charge in [-0.05, 0) is 39.7 Å². The summed E-state index contributed by atoms with van der Waals surface area (Å²) in [5.74, 6) is -0.239. The van der Waals surface area contributed by atoms with Gasteiger partial charge in [-0.3, -0.25) is 0 Å². The Morgan fingerprint density at radius 1 is 1.26 bits per heavy atom. The molecular formula is C17H23FN2O3. The fourth-order valence-corrected chi connectivity index (χ4v) is 3.46. The van der Waals surface area contributed by atoms with Gasteiger partial charge >= 0.3 is 6.09 Å². The molecule has 3 rings (SSSR count). The number of halogens is 1. The van der Waals surface area contributed by atoms with Crippen LogP contribution in [0.1, 0.15) is 46.5 Å².